The van der Waals surface area contributed by atoms with Crippen molar-refractivity contribution >= 4 is 27.6 Å². The van der Waals surface area contributed by atoms with E-state index in [1.54, 1.807) is 0 Å². The Balaban J connectivity index is 2.37. The maximum atomic E-state index is 12.7. The maximum Gasteiger partial charge on any atom is 0.472 e. The van der Waals surface area contributed by atoms with E-state index in [2.05, 4.69) is 95.8 Å². The van der Waals surface area contributed by atoms with Gasteiger partial charge in [-0.05, 0) is 83.5 Å². The topological polar surface area (TPSA) is 208 Å². The molecule has 1 aliphatic rings. The van der Waals surface area contributed by atoms with Crippen molar-refractivity contribution in [3.05, 3.63) is 72.9 Å². The number of phosphoric acid groups is 2. The fourth-order valence-corrected chi connectivity index (χ4v) is 7.12. The Morgan fingerprint density at radius 1 is 0.581 bits per heavy atom. The molecule has 0 aromatic heterocycles. The van der Waals surface area contributed by atoms with Crippen molar-refractivity contribution in [2.45, 2.75) is 180 Å². The highest BCUT2D eigenvalue weighted by Crippen LogP contribution is 2.44. The quantitative estimate of drug-likeness (QED) is 0.0148. The van der Waals surface area contributed by atoms with Gasteiger partial charge < -0.3 is 34.0 Å². The molecule has 1 saturated heterocycles. The summed E-state index contributed by atoms with van der Waals surface area (Å²) < 4.78 is 53.5. The van der Waals surface area contributed by atoms with E-state index in [1.807, 2.05) is 0 Å². The van der Waals surface area contributed by atoms with Gasteiger partial charge in [0.15, 0.2) is 6.10 Å². The average Bonchev–Trinajstić information content (AvgIpc) is 3.99. The van der Waals surface area contributed by atoms with E-state index in [-0.39, 0.29) is 12.8 Å². The van der Waals surface area contributed by atoms with Gasteiger partial charge in [-0.15, -0.1) is 0 Å². The van der Waals surface area contributed by atoms with Crippen LogP contribution in [0.4, 0.5) is 0 Å². The number of hydrogen-bond donors (Lipinski definition) is 4. The second-order valence-corrected chi connectivity index (χ2v) is 18.0. The molecule has 1 rings (SSSR count). The van der Waals surface area contributed by atoms with Gasteiger partial charge >= 0.3 is 27.6 Å². The Kier molecular flexibility index (Phi) is 35.1. The maximum absolute atomic E-state index is 12.7. The highest BCUT2D eigenvalue weighted by atomic mass is 31.2. The van der Waals surface area contributed by atoms with Gasteiger partial charge in [0.05, 0.1) is 32.0 Å². The molecule has 1 fully saturated rings. The Hall–Kier alpha value is -2.48. The molecule has 0 saturated carbocycles. The van der Waals surface area contributed by atoms with Gasteiger partial charge in [0.25, 0.3) is 0 Å². The number of esters is 2. The number of epoxide rings is 1. The summed E-state index contributed by atoms with van der Waals surface area (Å²) in [7, 11) is -9.70. The number of aliphatic hydroxyl groups excluding tert-OH is 1. The zero-order valence-electron chi connectivity index (χ0n) is 37.4. The van der Waals surface area contributed by atoms with Crippen LogP contribution in [0.1, 0.15) is 155 Å². The summed E-state index contributed by atoms with van der Waals surface area (Å²) in [6.45, 7) is 1.55. The van der Waals surface area contributed by atoms with Crippen LogP contribution in [0.25, 0.3) is 0 Å². The van der Waals surface area contributed by atoms with E-state index >= 15 is 0 Å². The van der Waals surface area contributed by atoms with Gasteiger partial charge in [0.1, 0.15) is 12.7 Å². The lowest BCUT2D eigenvalue weighted by Crippen LogP contribution is -2.30. The zero-order valence-corrected chi connectivity index (χ0v) is 39.2. The summed E-state index contributed by atoms with van der Waals surface area (Å²) >= 11 is 0. The van der Waals surface area contributed by atoms with E-state index in [9.17, 15) is 28.7 Å². The van der Waals surface area contributed by atoms with Crippen LogP contribution in [0.3, 0.4) is 0 Å². The Bertz CT molecular complexity index is 1440. The minimum Gasteiger partial charge on any atom is -0.462 e. The number of phosphoric ester groups is 2. The minimum absolute atomic E-state index is 0.0993. The van der Waals surface area contributed by atoms with E-state index in [4.69, 9.17) is 28.5 Å². The summed E-state index contributed by atoms with van der Waals surface area (Å²) in [4.78, 5) is 52.8. The molecule has 0 spiro atoms. The third kappa shape index (κ3) is 38.0. The zero-order chi connectivity index (χ0) is 45.6. The van der Waals surface area contributed by atoms with E-state index < -0.39 is 66.2 Å². The van der Waals surface area contributed by atoms with Gasteiger partial charge in [0, 0.05) is 12.8 Å². The number of allylic oxidation sites excluding steroid dienone is 11. The molecule has 0 aromatic rings. The van der Waals surface area contributed by atoms with Gasteiger partial charge in [0.2, 0.25) is 0 Å². The summed E-state index contributed by atoms with van der Waals surface area (Å²) in [5, 5.41) is 9.76. The van der Waals surface area contributed by atoms with Crippen molar-refractivity contribution in [2.75, 3.05) is 26.4 Å². The second-order valence-electron chi connectivity index (χ2n) is 15.3. The summed E-state index contributed by atoms with van der Waals surface area (Å²) in [5.41, 5.74) is 0. The Morgan fingerprint density at radius 3 is 1.71 bits per heavy atom. The highest BCUT2D eigenvalue weighted by Gasteiger charge is 2.36. The average molecular weight is 917 g/mol. The van der Waals surface area contributed by atoms with Crippen molar-refractivity contribution in [3.63, 3.8) is 0 Å². The van der Waals surface area contributed by atoms with E-state index in [0.29, 0.717) is 25.0 Å². The number of carbonyl (C=O) groups is 2. The van der Waals surface area contributed by atoms with Crippen LogP contribution in [0.5, 0.6) is 0 Å². The predicted molar refractivity (Wildman–Crippen MR) is 243 cm³/mol. The van der Waals surface area contributed by atoms with Crippen molar-refractivity contribution in [1.82, 2.24) is 0 Å². The number of aliphatic hydroxyl groups is 1. The van der Waals surface area contributed by atoms with Crippen molar-refractivity contribution in [2.24, 2.45) is 0 Å². The first-order valence-electron chi connectivity index (χ1n) is 22.8. The molecule has 1 heterocycles. The SMILES string of the molecule is CC/C=C\C/C=C\C/C=C\C/C=C\C/C=C\CCCCCC(=O)OC[C@H](COP(=O)(O)OC[C@@H](O)COP(=O)(O)O)OC(=O)CCCCCCC/C=C\CC1OC1CCCCC. The van der Waals surface area contributed by atoms with E-state index in [1.165, 1.54) is 19.3 Å². The van der Waals surface area contributed by atoms with Crippen molar-refractivity contribution in [1.29, 1.82) is 0 Å². The normalized spacial score (nSPS) is 17.9. The summed E-state index contributed by atoms with van der Waals surface area (Å²) in [5.74, 6) is -1.10. The molecule has 0 aromatic carbocycles. The second kappa shape index (κ2) is 37.9. The largest absolute Gasteiger partial charge is 0.472 e. The lowest BCUT2D eigenvalue weighted by Gasteiger charge is -2.20. The van der Waals surface area contributed by atoms with Crippen LogP contribution in [-0.4, -0.2) is 82.6 Å². The standard InChI is InChI=1S/C46H78O14P2/c1-3-5-7-8-9-10-11-12-13-14-15-16-17-18-19-20-24-27-31-35-45(48)55-39-42(40-58-62(53,54)57-38-41(47)37-56-61(50,51)52)59-46(49)36-32-28-25-22-21-23-26-30-34-44-43(60-44)33-29-6-4-2/h5,7,9-10,12-13,15-16,18-19,26,30,41-44,47H,3-4,6,8,11,14,17,20-25,27-29,31-40H2,1-2H3,(H,53,54)(H2,50,51,52)/b7-5-,10-9-,13-12-,16-15-,19-18-,30-26-/t41-,42+,43?,44?/m0/s1. The summed E-state index contributed by atoms with van der Waals surface area (Å²) in [6, 6.07) is 0. The molecule has 0 aliphatic carbocycles. The molecule has 0 amide bonds. The number of rotatable bonds is 41. The third-order valence-electron chi connectivity index (χ3n) is 9.49. The lowest BCUT2D eigenvalue weighted by molar-refractivity contribution is -0.161. The van der Waals surface area contributed by atoms with Crippen molar-refractivity contribution in [3.8, 4) is 0 Å². The number of hydrogen-bond acceptors (Lipinski definition) is 11. The molecule has 356 valence electrons. The fraction of sp³-hybridized carbons (Fsp3) is 0.696. The third-order valence-corrected chi connectivity index (χ3v) is 10.9. The predicted octanol–water partition coefficient (Wildman–Crippen LogP) is 10.8. The van der Waals surface area contributed by atoms with Gasteiger partial charge in [-0.25, -0.2) is 9.13 Å². The number of ether oxygens (including phenoxy) is 3. The van der Waals surface area contributed by atoms with Crippen LogP contribution in [-0.2, 0) is 46.5 Å². The first kappa shape index (κ1) is 57.5. The fourth-order valence-electron chi connectivity index (χ4n) is 5.97. The van der Waals surface area contributed by atoms with Crippen LogP contribution >= 0.6 is 15.6 Å². The molecule has 4 N–H and O–H groups in total. The molecule has 1 aliphatic heterocycles. The minimum atomic E-state index is -4.87. The highest BCUT2D eigenvalue weighted by molar-refractivity contribution is 7.47. The monoisotopic (exact) mass is 916 g/mol. The molecular formula is C46H78O14P2. The molecule has 16 heteroatoms. The number of unbranched alkanes of at least 4 members (excludes halogenated alkanes) is 10. The molecule has 5 atom stereocenters. The van der Waals surface area contributed by atoms with Crippen LogP contribution in [0, 0.1) is 0 Å². The first-order chi connectivity index (χ1) is 29.8. The lowest BCUT2D eigenvalue weighted by atomic mass is 10.1. The Morgan fingerprint density at radius 2 is 1.10 bits per heavy atom. The van der Waals surface area contributed by atoms with Crippen molar-refractivity contribution < 1.29 is 66.3 Å². The molecule has 0 bridgehead atoms. The van der Waals surface area contributed by atoms with E-state index in [0.717, 1.165) is 96.3 Å². The molecule has 3 unspecified atom stereocenters. The molecule has 62 heavy (non-hydrogen) atoms. The molecular weight excluding hydrogens is 838 g/mol. The van der Waals surface area contributed by atoms with Crippen LogP contribution in [0.15, 0.2) is 72.9 Å². The smallest absolute Gasteiger partial charge is 0.462 e. The molecule has 0 radical (unpaired) electrons. The van der Waals surface area contributed by atoms with Crippen LogP contribution in [0.2, 0.25) is 0 Å². The Labute approximate surface area is 371 Å². The molecule has 14 nitrogen and oxygen atoms in total. The van der Waals surface area contributed by atoms with Gasteiger partial charge in [-0.3, -0.25) is 23.2 Å². The first-order valence-corrected chi connectivity index (χ1v) is 25.8. The van der Waals surface area contributed by atoms with Gasteiger partial charge in [-0.1, -0.05) is 132 Å². The van der Waals surface area contributed by atoms with Crippen LogP contribution < -0.4 is 0 Å². The van der Waals surface area contributed by atoms with Gasteiger partial charge in [-0.2, -0.15) is 0 Å². The number of carbonyl (C=O) groups excluding carboxylic acids is 2. The summed E-state index contributed by atoms with van der Waals surface area (Å²) in [6.07, 6.45) is 43.5.